The lowest BCUT2D eigenvalue weighted by molar-refractivity contribution is 0.838. The van der Waals surface area contributed by atoms with E-state index in [2.05, 4.69) is 58.6 Å². The molecule has 0 aromatic heterocycles. The maximum atomic E-state index is 4.59. The second-order valence-corrected chi connectivity index (χ2v) is 6.22. The number of nitrogens with zero attached hydrogens (tertiary/aromatic N) is 2. The van der Waals surface area contributed by atoms with Gasteiger partial charge in [-0.25, -0.2) is 4.99 Å². The van der Waals surface area contributed by atoms with Crippen LogP contribution in [0.3, 0.4) is 0 Å². The Hall–Kier alpha value is -1.36. The van der Waals surface area contributed by atoms with Gasteiger partial charge in [0, 0.05) is 43.4 Å². The van der Waals surface area contributed by atoms with Crippen molar-refractivity contribution in [3.05, 3.63) is 29.8 Å². The number of anilines is 1. The topological polar surface area (TPSA) is 39.7 Å². The number of benzene rings is 1. The van der Waals surface area contributed by atoms with Gasteiger partial charge in [-0.05, 0) is 31.5 Å². The number of rotatable bonds is 5. The summed E-state index contributed by atoms with van der Waals surface area (Å²) < 4.78 is 0. The molecule has 1 aliphatic heterocycles. The van der Waals surface area contributed by atoms with Crippen molar-refractivity contribution in [1.82, 2.24) is 10.6 Å². The maximum absolute atomic E-state index is 4.59. The quantitative estimate of drug-likeness (QED) is 0.647. The molecule has 1 heterocycles. The highest BCUT2D eigenvalue weighted by atomic mass is 32.2. The lowest BCUT2D eigenvalue weighted by Crippen LogP contribution is -2.36. The smallest absolute Gasteiger partial charge is 0.191 e. The molecule has 1 fully saturated rings. The Morgan fingerprint density at radius 3 is 2.29 bits per heavy atom. The number of thioether (sulfide) groups is 1. The molecule has 1 saturated heterocycles. The minimum Gasteiger partial charge on any atom is -0.370 e. The van der Waals surface area contributed by atoms with Crippen molar-refractivity contribution in [3.63, 3.8) is 0 Å². The average Bonchev–Trinajstić information content (AvgIpc) is 2.54. The Kier molecular flexibility index (Phi) is 6.73. The van der Waals surface area contributed by atoms with Gasteiger partial charge >= 0.3 is 0 Å². The molecule has 0 saturated carbocycles. The number of nitrogens with one attached hydrogen (secondary N) is 2. The van der Waals surface area contributed by atoms with E-state index < -0.39 is 0 Å². The predicted molar refractivity (Wildman–Crippen MR) is 94.5 cm³/mol. The van der Waals surface area contributed by atoms with Crippen LogP contribution in [0, 0.1) is 0 Å². The van der Waals surface area contributed by atoms with Crippen molar-refractivity contribution in [1.29, 1.82) is 0 Å². The molecule has 0 unspecified atom stereocenters. The number of hydrogen-bond acceptors (Lipinski definition) is 3. The van der Waals surface area contributed by atoms with Gasteiger partial charge < -0.3 is 15.5 Å². The van der Waals surface area contributed by atoms with E-state index in [0.29, 0.717) is 6.54 Å². The lowest BCUT2D eigenvalue weighted by Gasteiger charge is -2.28. The molecule has 4 nitrogen and oxygen atoms in total. The molecule has 2 N–H and O–H groups in total. The number of aliphatic imine (C=N–C) groups is 1. The SMILES string of the molecule is CCNC(=NCc1ccc(N2CCSCC2)cc1)NCC. The molecule has 0 aliphatic carbocycles. The summed E-state index contributed by atoms with van der Waals surface area (Å²) in [4.78, 5) is 7.06. The summed E-state index contributed by atoms with van der Waals surface area (Å²) in [6.07, 6.45) is 0. The first kappa shape index (κ1) is 16.0. The fraction of sp³-hybridized carbons (Fsp3) is 0.562. The summed E-state index contributed by atoms with van der Waals surface area (Å²) in [6.45, 7) is 8.97. The van der Waals surface area contributed by atoms with Crippen molar-refractivity contribution < 1.29 is 0 Å². The maximum Gasteiger partial charge on any atom is 0.191 e. The first-order chi connectivity index (χ1) is 10.3. The summed E-state index contributed by atoms with van der Waals surface area (Å²) in [7, 11) is 0. The van der Waals surface area contributed by atoms with Gasteiger partial charge in [-0.2, -0.15) is 11.8 Å². The number of guanidine groups is 1. The molecule has 1 aliphatic rings. The minimum atomic E-state index is 0.714. The van der Waals surface area contributed by atoms with Crippen LogP contribution in [0.4, 0.5) is 5.69 Å². The molecular weight excluding hydrogens is 280 g/mol. The molecule has 21 heavy (non-hydrogen) atoms. The van der Waals surface area contributed by atoms with Gasteiger partial charge in [0.1, 0.15) is 0 Å². The molecule has 0 radical (unpaired) electrons. The van der Waals surface area contributed by atoms with Crippen LogP contribution in [0.5, 0.6) is 0 Å². The van der Waals surface area contributed by atoms with Gasteiger partial charge in [0.05, 0.1) is 6.54 Å². The Labute approximate surface area is 132 Å². The Balaban J connectivity index is 1.93. The zero-order valence-corrected chi connectivity index (χ0v) is 13.9. The van der Waals surface area contributed by atoms with Crippen LogP contribution in [0.25, 0.3) is 0 Å². The highest BCUT2D eigenvalue weighted by Crippen LogP contribution is 2.20. The van der Waals surface area contributed by atoms with E-state index in [1.54, 1.807) is 0 Å². The Morgan fingerprint density at radius 2 is 1.71 bits per heavy atom. The minimum absolute atomic E-state index is 0.714. The van der Waals surface area contributed by atoms with Gasteiger partial charge in [-0.15, -0.1) is 0 Å². The van der Waals surface area contributed by atoms with Crippen LogP contribution in [0.15, 0.2) is 29.3 Å². The first-order valence-corrected chi connectivity index (χ1v) is 8.92. The monoisotopic (exact) mass is 306 g/mol. The molecule has 1 aromatic rings. The van der Waals surface area contributed by atoms with Crippen LogP contribution < -0.4 is 15.5 Å². The fourth-order valence-corrected chi connectivity index (χ4v) is 3.22. The van der Waals surface area contributed by atoms with Crippen molar-refractivity contribution in [2.24, 2.45) is 4.99 Å². The van der Waals surface area contributed by atoms with Crippen molar-refractivity contribution in [2.75, 3.05) is 42.6 Å². The van der Waals surface area contributed by atoms with Gasteiger partial charge in [0.15, 0.2) is 5.96 Å². The molecular formula is C16H26N4S. The van der Waals surface area contributed by atoms with Gasteiger partial charge in [0.2, 0.25) is 0 Å². The standard InChI is InChI=1S/C16H26N4S/c1-3-17-16(18-4-2)19-13-14-5-7-15(8-6-14)20-9-11-21-12-10-20/h5-8H,3-4,9-13H2,1-2H3,(H2,17,18,19). The van der Waals surface area contributed by atoms with Crippen molar-refractivity contribution >= 4 is 23.4 Å². The third kappa shape index (κ3) is 5.16. The molecule has 0 amide bonds. The summed E-state index contributed by atoms with van der Waals surface area (Å²) in [5.41, 5.74) is 2.58. The van der Waals surface area contributed by atoms with Crippen LogP contribution in [-0.2, 0) is 6.54 Å². The first-order valence-electron chi connectivity index (χ1n) is 7.77. The zero-order chi connectivity index (χ0) is 14.9. The fourth-order valence-electron chi connectivity index (χ4n) is 2.31. The molecule has 1 aromatic carbocycles. The molecule has 5 heteroatoms. The molecule has 0 atom stereocenters. The van der Waals surface area contributed by atoms with Crippen LogP contribution in [0.2, 0.25) is 0 Å². The van der Waals surface area contributed by atoms with Crippen LogP contribution in [0.1, 0.15) is 19.4 Å². The Morgan fingerprint density at radius 1 is 1.10 bits per heavy atom. The summed E-state index contributed by atoms with van der Waals surface area (Å²) >= 11 is 2.04. The summed E-state index contributed by atoms with van der Waals surface area (Å²) in [5, 5.41) is 6.49. The largest absolute Gasteiger partial charge is 0.370 e. The third-order valence-electron chi connectivity index (χ3n) is 3.42. The van der Waals surface area contributed by atoms with Crippen molar-refractivity contribution in [2.45, 2.75) is 20.4 Å². The Bertz CT molecular complexity index is 430. The molecule has 0 spiro atoms. The molecule has 2 rings (SSSR count). The zero-order valence-electron chi connectivity index (χ0n) is 13.1. The number of hydrogen-bond donors (Lipinski definition) is 2. The third-order valence-corrected chi connectivity index (χ3v) is 4.36. The van der Waals surface area contributed by atoms with Gasteiger partial charge in [-0.1, -0.05) is 12.1 Å². The molecule has 0 bridgehead atoms. The van der Waals surface area contributed by atoms with E-state index in [9.17, 15) is 0 Å². The normalized spacial score (nSPS) is 14.7. The van der Waals surface area contributed by atoms with Crippen LogP contribution in [-0.4, -0.2) is 43.6 Å². The summed E-state index contributed by atoms with van der Waals surface area (Å²) in [6, 6.07) is 8.83. The second kappa shape index (κ2) is 8.82. The van der Waals surface area contributed by atoms with E-state index in [4.69, 9.17) is 0 Å². The average molecular weight is 306 g/mol. The van der Waals surface area contributed by atoms with E-state index in [1.165, 1.54) is 22.8 Å². The van der Waals surface area contributed by atoms with Crippen LogP contribution >= 0.6 is 11.8 Å². The van der Waals surface area contributed by atoms with E-state index in [0.717, 1.165) is 32.1 Å². The van der Waals surface area contributed by atoms with E-state index in [1.807, 2.05) is 11.8 Å². The second-order valence-electron chi connectivity index (χ2n) is 4.99. The van der Waals surface area contributed by atoms with Crippen molar-refractivity contribution in [3.8, 4) is 0 Å². The highest BCUT2D eigenvalue weighted by molar-refractivity contribution is 7.99. The molecule has 116 valence electrons. The van der Waals surface area contributed by atoms with E-state index >= 15 is 0 Å². The lowest BCUT2D eigenvalue weighted by atomic mass is 10.2. The van der Waals surface area contributed by atoms with E-state index in [-0.39, 0.29) is 0 Å². The predicted octanol–water partition coefficient (Wildman–Crippen LogP) is 2.31. The summed E-state index contributed by atoms with van der Waals surface area (Å²) in [5.74, 6) is 3.36. The highest BCUT2D eigenvalue weighted by Gasteiger charge is 2.10. The van der Waals surface area contributed by atoms with Gasteiger partial charge in [-0.3, -0.25) is 0 Å². The van der Waals surface area contributed by atoms with Gasteiger partial charge in [0.25, 0.3) is 0 Å².